The molecule has 3 nitrogen and oxygen atoms in total. The maximum atomic E-state index is 12.2. The van der Waals surface area contributed by atoms with Crippen molar-refractivity contribution in [2.45, 2.75) is 32.4 Å². The number of hydrogen-bond acceptors (Lipinski definition) is 2. The van der Waals surface area contributed by atoms with Crippen LogP contribution < -0.4 is 0 Å². The van der Waals surface area contributed by atoms with Gasteiger partial charge in [0.2, 0.25) is 0 Å². The SMILES string of the molecule is CC(C)C[C@@H]1CCN(S(=O)(=O)C(F)F)C1. The fourth-order valence-corrected chi connectivity index (χ4v) is 3.00. The van der Waals surface area contributed by atoms with Gasteiger partial charge in [0.25, 0.3) is 10.0 Å². The summed E-state index contributed by atoms with van der Waals surface area (Å²) < 4.78 is 47.6. The lowest BCUT2D eigenvalue weighted by molar-refractivity contribution is 0.221. The molecule has 1 atom stereocenters. The predicted octanol–water partition coefficient (Wildman–Crippen LogP) is 1.91. The molecule has 0 aliphatic carbocycles. The number of rotatable bonds is 4. The van der Waals surface area contributed by atoms with Gasteiger partial charge >= 0.3 is 5.76 Å². The Morgan fingerprint density at radius 3 is 2.47 bits per heavy atom. The molecule has 0 unspecified atom stereocenters. The summed E-state index contributed by atoms with van der Waals surface area (Å²) in [4.78, 5) is 0. The second-order valence-electron chi connectivity index (χ2n) is 4.45. The molecule has 0 bridgehead atoms. The third-order valence-electron chi connectivity index (χ3n) is 2.64. The van der Waals surface area contributed by atoms with Gasteiger partial charge in [-0.1, -0.05) is 13.8 Å². The lowest BCUT2D eigenvalue weighted by atomic mass is 9.97. The van der Waals surface area contributed by atoms with Gasteiger partial charge < -0.3 is 0 Å². The number of sulfonamides is 1. The van der Waals surface area contributed by atoms with Gasteiger partial charge in [-0.05, 0) is 24.7 Å². The van der Waals surface area contributed by atoms with Crippen LogP contribution in [-0.2, 0) is 10.0 Å². The van der Waals surface area contributed by atoms with Gasteiger partial charge in [0.1, 0.15) is 0 Å². The van der Waals surface area contributed by atoms with Gasteiger partial charge in [-0.25, -0.2) is 8.42 Å². The Morgan fingerprint density at radius 2 is 2.00 bits per heavy atom. The fraction of sp³-hybridized carbons (Fsp3) is 1.00. The van der Waals surface area contributed by atoms with Gasteiger partial charge in [0, 0.05) is 13.1 Å². The van der Waals surface area contributed by atoms with Crippen molar-refractivity contribution in [3.63, 3.8) is 0 Å². The molecular formula is C9H17F2NO2S. The second kappa shape index (κ2) is 4.74. The van der Waals surface area contributed by atoms with E-state index in [1.165, 1.54) is 0 Å². The van der Waals surface area contributed by atoms with Crippen LogP contribution in [0, 0.1) is 11.8 Å². The molecule has 1 heterocycles. The van der Waals surface area contributed by atoms with E-state index in [-0.39, 0.29) is 19.0 Å². The summed E-state index contributed by atoms with van der Waals surface area (Å²) in [5.41, 5.74) is 0. The van der Waals surface area contributed by atoms with Crippen LogP contribution in [-0.4, -0.2) is 31.6 Å². The van der Waals surface area contributed by atoms with E-state index in [0.29, 0.717) is 12.3 Å². The quantitative estimate of drug-likeness (QED) is 0.754. The average molecular weight is 241 g/mol. The van der Waals surface area contributed by atoms with Crippen molar-refractivity contribution in [3.05, 3.63) is 0 Å². The molecule has 0 aromatic rings. The molecule has 90 valence electrons. The summed E-state index contributed by atoms with van der Waals surface area (Å²) in [7, 11) is -4.35. The van der Waals surface area contributed by atoms with Gasteiger partial charge in [-0.2, -0.15) is 13.1 Å². The van der Waals surface area contributed by atoms with Gasteiger partial charge in [0.15, 0.2) is 0 Å². The average Bonchev–Trinajstić information content (AvgIpc) is 2.51. The summed E-state index contributed by atoms with van der Waals surface area (Å²) in [6.45, 7) is 4.59. The molecule has 0 N–H and O–H groups in total. The highest BCUT2D eigenvalue weighted by molar-refractivity contribution is 7.89. The molecular weight excluding hydrogens is 224 g/mol. The first-order valence-corrected chi connectivity index (χ1v) is 6.61. The van der Waals surface area contributed by atoms with Crippen molar-refractivity contribution in [2.75, 3.05) is 13.1 Å². The lowest BCUT2D eigenvalue weighted by Crippen LogP contribution is -2.33. The number of nitrogens with zero attached hydrogens (tertiary/aromatic N) is 1. The van der Waals surface area contributed by atoms with E-state index in [9.17, 15) is 17.2 Å². The third-order valence-corrected chi connectivity index (χ3v) is 4.14. The highest BCUT2D eigenvalue weighted by Gasteiger charge is 2.37. The van der Waals surface area contributed by atoms with Crippen LogP contribution in [0.2, 0.25) is 0 Å². The normalized spacial score (nSPS) is 24.3. The van der Waals surface area contributed by atoms with Crippen LogP contribution in [0.4, 0.5) is 8.78 Å². The molecule has 1 saturated heterocycles. The van der Waals surface area contributed by atoms with E-state index in [2.05, 4.69) is 0 Å². The Bertz CT molecular complexity index is 303. The maximum absolute atomic E-state index is 12.2. The first-order valence-electron chi connectivity index (χ1n) is 5.11. The fourth-order valence-electron chi connectivity index (χ4n) is 2.00. The highest BCUT2D eigenvalue weighted by Crippen LogP contribution is 2.27. The Kier molecular flexibility index (Phi) is 4.06. The van der Waals surface area contributed by atoms with Crippen molar-refractivity contribution in [2.24, 2.45) is 11.8 Å². The van der Waals surface area contributed by atoms with E-state index in [4.69, 9.17) is 0 Å². The van der Waals surface area contributed by atoms with Gasteiger partial charge in [0.05, 0.1) is 0 Å². The molecule has 1 fully saturated rings. The minimum atomic E-state index is -4.35. The minimum Gasteiger partial charge on any atom is -0.206 e. The van der Waals surface area contributed by atoms with Crippen molar-refractivity contribution in [3.8, 4) is 0 Å². The van der Waals surface area contributed by atoms with E-state index < -0.39 is 15.8 Å². The van der Waals surface area contributed by atoms with E-state index >= 15 is 0 Å². The van der Waals surface area contributed by atoms with E-state index in [0.717, 1.165) is 10.7 Å². The zero-order chi connectivity index (χ0) is 11.6. The van der Waals surface area contributed by atoms with Crippen LogP contribution in [0.15, 0.2) is 0 Å². The van der Waals surface area contributed by atoms with E-state index in [1.54, 1.807) is 0 Å². The molecule has 0 amide bonds. The largest absolute Gasteiger partial charge is 0.350 e. The van der Waals surface area contributed by atoms with Crippen LogP contribution in [0.25, 0.3) is 0 Å². The number of hydrogen-bond donors (Lipinski definition) is 0. The zero-order valence-electron chi connectivity index (χ0n) is 8.99. The molecule has 1 rings (SSSR count). The van der Waals surface area contributed by atoms with Crippen LogP contribution >= 0.6 is 0 Å². The first-order chi connectivity index (χ1) is 6.84. The van der Waals surface area contributed by atoms with Gasteiger partial charge in [-0.15, -0.1) is 0 Å². The predicted molar refractivity (Wildman–Crippen MR) is 54.1 cm³/mol. The summed E-state index contributed by atoms with van der Waals surface area (Å²) in [6.07, 6.45) is 1.60. The number of alkyl halides is 2. The Balaban J connectivity index is 2.57. The molecule has 0 saturated carbocycles. The summed E-state index contributed by atoms with van der Waals surface area (Å²) in [6, 6.07) is 0. The Morgan fingerprint density at radius 1 is 1.40 bits per heavy atom. The third kappa shape index (κ3) is 3.11. The molecule has 15 heavy (non-hydrogen) atoms. The topological polar surface area (TPSA) is 37.4 Å². The van der Waals surface area contributed by atoms with Crippen LogP contribution in [0.5, 0.6) is 0 Å². The minimum absolute atomic E-state index is 0.235. The highest BCUT2D eigenvalue weighted by atomic mass is 32.2. The Labute approximate surface area is 89.5 Å². The van der Waals surface area contributed by atoms with E-state index in [1.807, 2.05) is 13.8 Å². The second-order valence-corrected chi connectivity index (χ2v) is 6.35. The summed E-state index contributed by atoms with van der Waals surface area (Å²) in [5, 5.41) is 0. The summed E-state index contributed by atoms with van der Waals surface area (Å²) >= 11 is 0. The molecule has 1 aliphatic rings. The molecule has 6 heteroatoms. The molecule has 0 aromatic heterocycles. The van der Waals surface area contributed by atoms with Crippen molar-refractivity contribution in [1.82, 2.24) is 4.31 Å². The van der Waals surface area contributed by atoms with Crippen molar-refractivity contribution < 1.29 is 17.2 Å². The standard InChI is InChI=1S/C9H17F2NO2S/c1-7(2)5-8-3-4-12(6-8)15(13,14)9(10)11/h7-9H,3-6H2,1-2H3/t8-/m0/s1. The number of halogens is 2. The smallest absolute Gasteiger partial charge is 0.206 e. The van der Waals surface area contributed by atoms with Crippen molar-refractivity contribution in [1.29, 1.82) is 0 Å². The molecule has 0 aromatic carbocycles. The molecule has 0 spiro atoms. The lowest BCUT2D eigenvalue weighted by Gasteiger charge is -2.16. The Hall–Kier alpha value is -0.230. The monoisotopic (exact) mass is 241 g/mol. The molecule has 1 aliphatic heterocycles. The molecule has 0 radical (unpaired) electrons. The van der Waals surface area contributed by atoms with Crippen LogP contribution in [0.1, 0.15) is 26.7 Å². The zero-order valence-corrected chi connectivity index (χ0v) is 9.80. The summed E-state index contributed by atoms with van der Waals surface area (Å²) in [5.74, 6) is -2.57. The van der Waals surface area contributed by atoms with Crippen molar-refractivity contribution >= 4 is 10.0 Å². The van der Waals surface area contributed by atoms with Crippen LogP contribution in [0.3, 0.4) is 0 Å². The first kappa shape index (κ1) is 12.8. The maximum Gasteiger partial charge on any atom is 0.350 e. The van der Waals surface area contributed by atoms with Gasteiger partial charge in [-0.3, -0.25) is 0 Å².